The Hall–Kier alpha value is -1.97. The number of nitrogens with zero attached hydrogens (tertiary/aromatic N) is 5. The highest BCUT2D eigenvalue weighted by molar-refractivity contribution is 5.16. The molecule has 0 aliphatic carbocycles. The molecule has 0 unspecified atom stereocenters. The first-order valence-electron chi connectivity index (χ1n) is 2.32. The smallest absolute Gasteiger partial charge is 0.269 e. The molecule has 10 nitrogen and oxygen atoms in total. The Kier molecular flexibility index (Phi) is 1.78. The van der Waals surface area contributed by atoms with Crippen molar-refractivity contribution in [2.75, 3.05) is 5.43 Å². The molecule has 3 N–H and O–H groups in total. The van der Waals surface area contributed by atoms with Gasteiger partial charge in [-0.2, -0.15) is 4.94 Å². The number of tetrazole rings is 1. The molecule has 11 heavy (non-hydrogen) atoms. The van der Waals surface area contributed by atoms with Crippen molar-refractivity contribution in [2.24, 2.45) is 5.84 Å². The van der Waals surface area contributed by atoms with Crippen molar-refractivity contribution < 1.29 is 10.0 Å². The second kappa shape index (κ2) is 2.74. The maximum Gasteiger partial charge on any atom is 0.383 e. The third-order valence-electron chi connectivity index (χ3n) is 0.715. The fourth-order valence-electron chi connectivity index (χ4n) is 0.382. The van der Waals surface area contributed by atoms with Crippen LogP contribution >= 0.6 is 0 Å². The third kappa shape index (κ3) is 1.48. The van der Waals surface area contributed by atoms with Gasteiger partial charge in [-0.05, 0) is 0 Å². The Morgan fingerprint density at radius 2 is 2.55 bits per heavy atom. The van der Waals surface area contributed by atoms with Crippen molar-refractivity contribution in [2.45, 2.75) is 0 Å². The number of aromatic nitrogens is 4. The van der Waals surface area contributed by atoms with Crippen molar-refractivity contribution >= 4 is 5.95 Å². The van der Waals surface area contributed by atoms with Gasteiger partial charge in [0.15, 0.2) is 5.09 Å². The zero-order valence-corrected chi connectivity index (χ0v) is 5.04. The summed E-state index contributed by atoms with van der Waals surface area (Å²) in [6.07, 6.45) is 0. The molecule has 0 aromatic carbocycles. The topological polar surface area (TPSA) is 134 Å². The number of nitrogens with one attached hydrogen (secondary N) is 1. The van der Waals surface area contributed by atoms with E-state index in [9.17, 15) is 10.1 Å². The summed E-state index contributed by atoms with van der Waals surface area (Å²) in [6, 6.07) is 0. The first kappa shape index (κ1) is 7.14. The maximum absolute atomic E-state index is 9.73. The van der Waals surface area contributed by atoms with E-state index in [0.717, 1.165) is 0 Å². The molecule has 1 rings (SSSR count). The summed E-state index contributed by atoms with van der Waals surface area (Å²) in [4.78, 5) is 14.0. The summed E-state index contributed by atoms with van der Waals surface area (Å²) < 4.78 is 0. The number of hydrogen-bond donors (Lipinski definition) is 2. The summed E-state index contributed by atoms with van der Waals surface area (Å²) in [7, 11) is 0. The van der Waals surface area contributed by atoms with Crippen molar-refractivity contribution in [3.8, 4) is 0 Å². The standard InChI is InChI=1S/CH3N7O3/c2-3-1-4-5-6-7(1)11-8(9)10/h2H2,(H,3,4,6). The second-order valence-corrected chi connectivity index (χ2v) is 1.33. The van der Waals surface area contributed by atoms with Gasteiger partial charge in [0.25, 0.3) is 0 Å². The van der Waals surface area contributed by atoms with Gasteiger partial charge in [-0.25, -0.2) is 16.0 Å². The van der Waals surface area contributed by atoms with Crippen LogP contribution in [0.15, 0.2) is 0 Å². The highest BCUT2D eigenvalue weighted by atomic mass is 17.0. The number of hydrazine groups is 1. The lowest BCUT2D eigenvalue weighted by Crippen LogP contribution is -2.23. The Labute approximate surface area is 58.9 Å². The number of rotatable bonds is 3. The fourth-order valence-corrected chi connectivity index (χ4v) is 0.382. The van der Waals surface area contributed by atoms with Crippen molar-refractivity contribution in [1.29, 1.82) is 0 Å². The number of nitrogens with two attached hydrogens (primary N) is 1. The van der Waals surface area contributed by atoms with Crippen molar-refractivity contribution in [3.05, 3.63) is 10.1 Å². The SMILES string of the molecule is NNc1nnnn1O[N+](=O)[O-]. The molecular weight excluding hydrogens is 158 g/mol. The molecule has 0 fully saturated rings. The van der Waals surface area contributed by atoms with E-state index in [4.69, 9.17) is 5.84 Å². The van der Waals surface area contributed by atoms with Gasteiger partial charge in [0, 0.05) is 5.21 Å². The van der Waals surface area contributed by atoms with E-state index in [1.807, 2.05) is 5.43 Å². The Morgan fingerprint density at radius 1 is 1.82 bits per heavy atom. The normalized spacial score (nSPS) is 9.18. The molecule has 0 saturated heterocycles. The molecule has 0 spiro atoms. The first-order chi connectivity index (χ1) is 5.24. The van der Waals surface area contributed by atoms with Crippen LogP contribution in [0.3, 0.4) is 0 Å². The van der Waals surface area contributed by atoms with Crippen molar-refractivity contribution in [1.82, 2.24) is 20.4 Å². The summed E-state index contributed by atoms with van der Waals surface area (Å²) >= 11 is 0. The van der Waals surface area contributed by atoms with Gasteiger partial charge in [0.2, 0.25) is 0 Å². The quantitative estimate of drug-likeness (QED) is 0.284. The summed E-state index contributed by atoms with van der Waals surface area (Å²) in [5.41, 5.74) is 1.98. The zero-order valence-electron chi connectivity index (χ0n) is 5.04. The van der Waals surface area contributed by atoms with E-state index in [0.29, 0.717) is 4.85 Å². The van der Waals surface area contributed by atoms with E-state index in [1.54, 1.807) is 0 Å². The fraction of sp³-hybridized carbons (Fsp3) is 0. The Morgan fingerprint density at radius 3 is 3.09 bits per heavy atom. The lowest BCUT2D eigenvalue weighted by atomic mass is 11.1. The minimum absolute atomic E-state index is 0.165. The Balaban J connectivity index is 2.76. The lowest BCUT2D eigenvalue weighted by molar-refractivity contribution is -0.751. The van der Waals surface area contributed by atoms with Crippen LogP contribution in [0.25, 0.3) is 0 Å². The van der Waals surface area contributed by atoms with Crippen LogP contribution < -0.4 is 16.2 Å². The van der Waals surface area contributed by atoms with E-state index < -0.39 is 5.09 Å². The van der Waals surface area contributed by atoms with Crippen molar-refractivity contribution in [3.63, 3.8) is 0 Å². The number of nitrogen functional groups attached to an aromatic ring is 1. The van der Waals surface area contributed by atoms with Crippen LogP contribution in [0.1, 0.15) is 0 Å². The van der Waals surface area contributed by atoms with Gasteiger partial charge in [-0.1, -0.05) is 5.10 Å². The average molecular weight is 161 g/mol. The molecule has 60 valence electrons. The van der Waals surface area contributed by atoms with Gasteiger partial charge in [-0.3, -0.25) is 5.43 Å². The minimum Gasteiger partial charge on any atom is -0.269 e. The molecule has 0 aliphatic heterocycles. The summed E-state index contributed by atoms with van der Waals surface area (Å²) in [5.74, 6) is 4.69. The molecule has 1 heterocycles. The van der Waals surface area contributed by atoms with Crippen LogP contribution in [0.4, 0.5) is 5.95 Å². The van der Waals surface area contributed by atoms with E-state index in [2.05, 4.69) is 20.5 Å². The van der Waals surface area contributed by atoms with Crippen LogP contribution in [0.5, 0.6) is 0 Å². The van der Waals surface area contributed by atoms with Gasteiger partial charge in [0.05, 0.1) is 10.1 Å². The maximum atomic E-state index is 9.73. The molecule has 0 radical (unpaired) electrons. The molecule has 0 bridgehead atoms. The number of anilines is 1. The van der Waals surface area contributed by atoms with Crippen LogP contribution in [-0.4, -0.2) is 25.5 Å². The molecule has 0 saturated carbocycles. The largest absolute Gasteiger partial charge is 0.383 e. The predicted molar refractivity (Wildman–Crippen MR) is 29.2 cm³/mol. The van der Waals surface area contributed by atoms with Crippen LogP contribution in [-0.2, 0) is 0 Å². The van der Waals surface area contributed by atoms with Crippen LogP contribution in [0, 0.1) is 10.1 Å². The van der Waals surface area contributed by atoms with Gasteiger partial charge < -0.3 is 0 Å². The zero-order chi connectivity index (χ0) is 8.27. The summed E-state index contributed by atoms with van der Waals surface area (Å²) in [5, 5.41) is 18.0. The molecule has 0 atom stereocenters. The predicted octanol–water partition coefficient (Wildman–Crippen LogP) is -2.42. The molecular formula is CH3N7O3. The minimum atomic E-state index is -1.07. The highest BCUT2D eigenvalue weighted by Crippen LogP contribution is 1.91. The van der Waals surface area contributed by atoms with Gasteiger partial charge in [-0.15, -0.1) is 0 Å². The lowest BCUT2D eigenvalue weighted by Gasteiger charge is -1.94. The molecule has 0 amide bonds. The Bertz CT molecular complexity index is 254. The number of hydrogen-bond acceptors (Lipinski definition) is 8. The molecule has 1 aromatic rings. The molecule has 10 heteroatoms. The second-order valence-electron chi connectivity index (χ2n) is 1.33. The summed E-state index contributed by atoms with van der Waals surface area (Å²) in [6.45, 7) is 0. The van der Waals surface area contributed by atoms with Gasteiger partial charge >= 0.3 is 5.95 Å². The van der Waals surface area contributed by atoms with Gasteiger partial charge in [0.1, 0.15) is 0 Å². The van der Waals surface area contributed by atoms with E-state index in [-0.39, 0.29) is 5.95 Å². The highest BCUT2D eigenvalue weighted by Gasteiger charge is 2.10. The van der Waals surface area contributed by atoms with E-state index in [1.165, 1.54) is 0 Å². The molecule has 0 aliphatic rings. The average Bonchev–Trinajstić information content (AvgIpc) is 2.34. The molecule has 1 aromatic heterocycles. The first-order valence-corrected chi connectivity index (χ1v) is 2.32. The van der Waals surface area contributed by atoms with E-state index >= 15 is 0 Å². The third-order valence-corrected chi connectivity index (χ3v) is 0.715. The van der Waals surface area contributed by atoms with Crippen LogP contribution in [0.2, 0.25) is 0 Å². The monoisotopic (exact) mass is 161 g/mol.